The Balaban J connectivity index is 1.76. The number of benzene rings is 1. The van der Waals surface area contributed by atoms with Gasteiger partial charge in [-0.15, -0.1) is 0 Å². The highest BCUT2D eigenvalue weighted by Crippen LogP contribution is 2.48. The molecule has 0 radical (unpaired) electrons. The second-order valence-corrected chi connectivity index (χ2v) is 9.35. The molecule has 9 heteroatoms. The van der Waals surface area contributed by atoms with E-state index in [1.165, 1.54) is 12.1 Å². The molecule has 2 aliphatic rings. The third-order valence-electron chi connectivity index (χ3n) is 7.17. The lowest BCUT2D eigenvalue weighted by molar-refractivity contribution is -0.141. The minimum atomic E-state index is -4.66. The van der Waals surface area contributed by atoms with Crippen LogP contribution in [-0.2, 0) is 17.4 Å². The number of carbonyl (C=O) groups is 1. The molecule has 0 fully saturated rings. The Morgan fingerprint density at radius 3 is 2.65 bits per heavy atom. The summed E-state index contributed by atoms with van der Waals surface area (Å²) in [6, 6.07) is 10.3. The maximum atomic E-state index is 14.9. The van der Waals surface area contributed by atoms with E-state index < -0.39 is 23.6 Å². The molecule has 2 aliphatic carbocycles. The number of aromatic nitrogens is 3. The highest BCUT2D eigenvalue weighted by atomic mass is 19.4. The molecule has 3 atom stereocenters. The molecule has 0 amide bonds. The number of carbonyl (C=O) groups excluding carboxylic acids is 1. The average Bonchev–Trinajstić information content (AvgIpc) is 2.89. The van der Waals surface area contributed by atoms with Crippen molar-refractivity contribution < 1.29 is 22.4 Å². The normalized spacial score (nSPS) is 21.0. The van der Waals surface area contributed by atoms with Gasteiger partial charge in [0.1, 0.15) is 17.6 Å². The number of halogens is 4. The Hall–Kier alpha value is -3.93. The van der Waals surface area contributed by atoms with E-state index in [9.17, 15) is 27.6 Å². The van der Waals surface area contributed by atoms with Crippen molar-refractivity contribution in [2.24, 2.45) is 11.8 Å². The van der Waals surface area contributed by atoms with Gasteiger partial charge in [-0.05, 0) is 49.4 Å². The molecule has 3 unspecified atom stereocenters. The molecule has 188 valence electrons. The number of pyridine rings is 1. The lowest BCUT2D eigenvalue weighted by Crippen LogP contribution is -2.37. The van der Waals surface area contributed by atoms with Gasteiger partial charge in [0.15, 0.2) is 11.6 Å². The van der Waals surface area contributed by atoms with Crippen LogP contribution in [0.4, 0.5) is 17.6 Å². The maximum Gasteiger partial charge on any atom is 0.433 e. The molecule has 0 saturated heterocycles. The molecule has 0 saturated carbocycles. The highest BCUT2D eigenvalue weighted by molar-refractivity contribution is 6.02. The van der Waals surface area contributed by atoms with Crippen LogP contribution >= 0.6 is 0 Å². The van der Waals surface area contributed by atoms with E-state index in [1.807, 2.05) is 13.0 Å². The minimum Gasteiger partial charge on any atom is -0.293 e. The van der Waals surface area contributed by atoms with Crippen molar-refractivity contribution in [1.29, 1.82) is 5.26 Å². The first-order valence-electron chi connectivity index (χ1n) is 12.1. The molecule has 1 aromatic carbocycles. The van der Waals surface area contributed by atoms with Gasteiger partial charge in [-0.3, -0.25) is 9.78 Å². The van der Waals surface area contributed by atoms with E-state index in [2.05, 4.69) is 9.97 Å². The topological polar surface area (TPSA) is 79.5 Å². The van der Waals surface area contributed by atoms with Crippen LogP contribution in [0.25, 0.3) is 22.6 Å². The van der Waals surface area contributed by atoms with Gasteiger partial charge < -0.3 is 0 Å². The summed E-state index contributed by atoms with van der Waals surface area (Å²) in [5.41, 5.74) is 0.777. The number of hydrogen-bond donors (Lipinski definition) is 0. The van der Waals surface area contributed by atoms with Crippen molar-refractivity contribution in [3.05, 3.63) is 77.0 Å². The van der Waals surface area contributed by atoms with Crippen LogP contribution in [0.5, 0.6) is 0 Å². The Morgan fingerprint density at radius 1 is 1.16 bits per heavy atom. The summed E-state index contributed by atoms with van der Waals surface area (Å²) in [5.74, 6) is -1.57. The fourth-order valence-corrected chi connectivity index (χ4v) is 5.50. The van der Waals surface area contributed by atoms with E-state index in [1.54, 1.807) is 24.3 Å². The Kier molecular flexibility index (Phi) is 6.36. The predicted octanol–water partition coefficient (Wildman–Crippen LogP) is 6.46. The molecule has 0 N–H and O–H groups in total. The number of allylic oxidation sites excluding steroid dienone is 2. The third kappa shape index (κ3) is 4.41. The molecule has 0 aliphatic heterocycles. The van der Waals surface area contributed by atoms with Crippen LogP contribution < -0.4 is 0 Å². The first-order chi connectivity index (χ1) is 17.7. The van der Waals surface area contributed by atoms with Crippen molar-refractivity contribution >= 4 is 5.78 Å². The van der Waals surface area contributed by atoms with Gasteiger partial charge in [-0.2, -0.15) is 18.4 Å². The molecular formula is C28H22F4N4O. The van der Waals surface area contributed by atoms with Gasteiger partial charge in [0.25, 0.3) is 0 Å². The second-order valence-electron chi connectivity index (χ2n) is 9.35. The number of fused-ring (bicyclic) bond motifs is 3. The smallest absolute Gasteiger partial charge is 0.293 e. The fraction of sp³-hybridized carbons (Fsp3) is 0.321. The lowest BCUT2D eigenvalue weighted by Gasteiger charge is -2.39. The first-order valence-corrected chi connectivity index (χ1v) is 12.1. The first kappa shape index (κ1) is 24.8. The molecule has 37 heavy (non-hydrogen) atoms. The zero-order valence-corrected chi connectivity index (χ0v) is 19.9. The maximum absolute atomic E-state index is 14.9. The van der Waals surface area contributed by atoms with Gasteiger partial charge in [0.05, 0.1) is 17.0 Å². The van der Waals surface area contributed by atoms with Gasteiger partial charge in [-0.1, -0.05) is 31.6 Å². The van der Waals surface area contributed by atoms with Crippen molar-refractivity contribution in [2.75, 3.05) is 0 Å². The summed E-state index contributed by atoms with van der Waals surface area (Å²) in [6.07, 6.45) is 0.479. The van der Waals surface area contributed by atoms with Gasteiger partial charge in [0.2, 0.25) is 0 Å². The largest absolute Gasteiger partial charge is 0.433 e. The molecule has 0 bridgehead atoms. The van der Waals surface area contributed by atoms with Crippen LogP contribution in [0.2, 0.25) is 0 Å². The molecule has 2 heterocycles. The van der Waals surface area contributed by atoms with Crippen LogP contribution in [0, 0.1) is 29.0 Å². The van der Waals surface area contributed by atoms with E-state index in [0.717, 1.165) is 18.7 Å². The van der Waals surface area contributed by atoms with E-state index >= 15 is 0 Å². The molecule has 0 spiro atoms. The zero-order chi connectivity index (χ0) is 26.3. The van der Waals surface area contributed by atoms with Gasteiger partial charge >= 0.3 is 6.18 Å². The summed E-state index contributed by atoms with van der Waals surface area (Å²) in [7, 11) is 0. The molecule has 5 nitrogen and oxygen atoms in total. The molecule has 5 rings (SSSR count). The molecule has 3 aromatic rings. The Morgan fingerprint density at radius 2 is 1.95 bits per heavy atom. The summed E-state index contributed by atoms with van der Waals surface area (Å²) < 4.78 is 55.1. The zero-order valence-electron chi connectivity index (χ0n) is 19.9. The standard InChI is InChI=1S/C28H22F4N4O/c1-2-5-18-17-8-9-20-24(19-6-3-4-7-22(19)29)35-27(15-10-11-34-23(13-15)28(30,31)32)36-25(20)21(17)12-16(14-33)26(18)37/h3-4,6-7,10-13,17-18,21H,2,5,8-9H2,1H3. The summed E-state index contributed by atoms with van der Waals surface area (Å²) >= 11 is 0. The number of nitriles is 1. The van der Waals surface area contributed by atoms with Gasteiger partial charge in [0, 0.05) is 34.7 Å². The predicted molar refractivity (Wildman–Crippen MR) is 127 cm³/mol. The number of alkyl halides is 3. The lowest BCUT2D eigenvalue weighted by atomic mass is 9.64. The second kappa shape index (κ2) is 9.51. The molecular weight excluding hydrogens is 484 g/mol. The summed E-state index contributed by atoms with van der Waals surface area (Å²) in [5, 5.41) is 9.66. The molecule has 2 aromatic heterocycles. The SMILES string of the molecule is CCCC1C(=O)C(C#N)=CC2c3nc(-c4ccnc(C(F)(F)F)c4)nc(-c4ccccc4F)c3CCC12. The quantitative estimate of drug-likeness (QED) is 0.380. The van der Waals surface area contributed by atoms with Crippen molar-refractivity contribution in [2.45, 2.75) is 44.7 Å². The number of ketones is 1. The summed E-state index contributed by atoms with van der Waals surface area (Å²) in [6.45, 7) is 1.97. The van der Waals surface area contributed by atoms with Crippen LogP contribution in [0.3, 0.4) is 0 Å². The van der Waals surface area contributed by atoms with Crippen molar-refractivity contribution in [1.82, 2.24) is 15.0 Å². The third-order valence-corrected chi connectivity index (χ3v) is 7.17. The number of Topliss-reactive ketones (excluding diaryl/α,β-unsaturated/α-hetero) is 1. The van der Waals surface area contributed by atoms with Crippen LogP contribution in [0.1, 0.15) is 49.1 Å². The Bertz CT molecular complexity index is 1460. The average molecular weight is 507 g/mol. The number of hydrogen-bond acceptors (Lipinski definition) is 5. The van der Waals surface area contributed by atoms with E-state index in [4.69, 9.17) is 4.98 Å². The number of rotatable bonds is 4. The highest BCUT2D eigenvalue weighted by Gasteiger charge is 2.44. The van der Waals surface area contributed by atoms with Crippen LogP contribution in [-0.4, -0.2) is 20.7 Å². The number of nitrogens with zero attached hydrogens (tertiary/aromatic N) is 4. The minimum absolute atomic E-state index is 0.00130. The van der Waals surface area contributed by atoms with E-state index in [-0.39, 0.29) is 40.1 Å². The monoisotopic (exact) mass is 506 g/mol. The van der Waals surface area contributed by atoms with Crippen molar-refractivity contribution in [3.63, 3.8) is 0 Å². The van der Waals surface area contributed by atoms with Gasteiger partial charge in [-0.25, -0.2) is 14.4 Å². The van der Waals surface area contributed by atoms with Crippen molar-refractivity contribution in [3.8, 4) is 28.7 Å². The van der Waals surface area contributed by atoms with E-state index in [0.29, 0.717) is 36.2 Å². The summed E-state index contributed by atoms with van der Waals surface area (Å²) in [4.78, 5) is 25.7. The van der Waals surface area contributed by atoms with Crippen LogP contribution in [0.15, 0.2) is 54.2 Å². The Labute approximate surface area is 210 Å². The fourth-order valence-electron chi connectivity index (χ4n) is 5.50.